The molecule has 1 amide bonds. The van der Waals surface area contributed by atoms with E-state index in [1.165, 1.54) is 18.3 Å². The fourth-order valence-corrected chi connectivity index (χ4v) is 2.04. The third kappa shape index (κ3) is 16.8. The largest absolute Gasteiger partial charge is 0.315 e. The molecule has 5 N–H and O–H groups in total. The molecule has 152 valence electrons. The van der Waals surface area contributed by atoms with E-state index < -0.39 is 0 Å². The van der Waals surface area contributed by atoms with Crippen LogP contribution in [0.2, 0.25) is 0 Å². The van der Waals surface area contributed by atoms with Gasteiger partial charge in [-0.25, -0.2) is 5.84 Å². The first-order chi connectivity index (χ1) is 13.0. The molecule has 0 aromatic rings. The molecule has 27 heavy (non-hydrogen) atoms. The summed E-state index contributed by atoms with van der Waals surface area (Å²) in [4.78, 5) is 16.0. The molecule has 0 aliphatic rings. The zero-order valence-corrected chi connectivity index (χ0v) is 17.2. The molecule has 7 nitrogen and oxygen atoms in total. The Hall–Kier alpha value is -2.41. The lowest BCUT2D eigenvalue weighted by Crippen LogP contribution is -2.24. The molecule has 0 fully saturated rings. The highest BCUT2D eigenvalue weighted by Gasteiger charge is 2.00. The standard InChI is InChI=1S/C20H36N6O/c1-17(2)9-7-10-18(3)11-8-12-19(4)20(27)23-16-26-25-14-6-5-13-22-15-24-21/h8-9,11-12,15-16,18,25H,5-7,10,13-14,21H2,1-4H3,(H,22,24)(H,23,26,27). The number of unbranched alkanes of at least 4 members (excludes halogenated alkanes) is 1. The number of rotatable bonds is 14. The van der Waals surface area contributed by atoms with Gasteiger partial charge in [0.1, 0.15) is 6.34 Å². The number of hydrogen-bond acceptors (Lipinski definition) is 5. The molecule has 0 aromatic heterocycles. The number of carbonyl (C=O) groups is 1. The van der Waals surface area contributed by atoms with Gasteiger partial charge in [-0.3, -0.25) is 9.79 Å². The molecule has 0 bridgehead atoms. The SMILES string of the molecule is CC(C)=CCCC(C)C=CC=C(C)C(=O)NC=NNCCCCN=CNN. The van der Waals surface area contributed by atoms with Crippen molar-refractivity contribution in [2.75, 3.05) is 13.1 Å². The van der Waals surface area contributed by atoms with E-state index in [0.29, 0.717) is 11.5 Å². The average molecular weight is 377 g/mol. The van der Waals surface area contributed by atoms with Crippen molar-refractivity contribution in [3.05, 3.63) is 35.5 Å². The second-order valence-corrected chi connectivity index (χ2v) is 6.62. The molecule has 0 spiro atoms. The van der Waals surface area contributed by atoms with Crippen LogP contribution in [0.5, 0.6) is 0 Å². The van der Waals surface area contributed by atoms with Crippen LogP contribution in [-0.2, 0) is 4.79 Å². The summed E-state index contributed by atoms with van der Waals surface area (Å²) in [5.41, 5.74) is 7.22. The van der Waals surface area contributed by atoms with Crippen molar-refractivity contribution in [2.24, 2.45) is 21.9 Å². The summed E-state index contributed by atoms with van der Waals surface area (Å²) in [5, 5.41) is 6.59. The molecule has 0 saturated heterocycles. The number of carbonyl (C=O) groups excluding carboxylic acids is 1. The Morgan fingerprint density at radius 2 is 1.96 bits per heavy atom. The second kappa shape index (κ2) is 17.0. The molecular weight excluding hydrogens is 340 g/mol. The van der Waals surface area contributed by atoms with E-state index in [4.69, 9.17) is 5.84 Å². The summed E-state index contributed by atoms with van der Waals surface area (Å²) in [5.74, 6) is 5.38. The lowest BCUT2D eigenvalue weighted by atomic mass is 10.0. The van der Waals surface area contributed by atoms with Crippen molar-refractivity contribution < 1.29 is 4.79 Å². The molecule has 0 rings (SSSR count). The zero-order chi connectivity index (χ0) is 20.3. The van der Waals surface area contributed by atoms with Crippen LogP contribution in [0.25, 0.3) is 0 Å². The minimum absolute atomic E-state index is 0.161. The van der Waals surface area contributed by atoms with E-state index >= 15 is 0 Å². The number of nitrogens with one attached hydrogen (secondary N) is 3. The van der Waals surface area contributed by atoms with Gasteiger partial charge >= 0.3 is 0 Å². The van der Waals surface area contributed by atoms with Crippen LogP contribution in [0.1, 0.15) is 53.4 Å². The van der Waals surface area contributed by atoms with Crippen LogP contribution in [0.4, 0.5) is 0 Å². The van der Waals surface area contributed by atoms with Gasteiger partial charge < -0.3 is 16.2 Å². The molecule has 0 aromatic carbocycles. The van der Waals surface area contributed by atoms with Crippen LogP contribution in [0.3, 0.4) is 0 Å². The number of nitrogens with two attached hydrogens (primary N) is 1. The highest BCUT2D eigenvalue weighted by Crippen LogP contribution is 2.09. The van der Waals surface area contributed by atoms with Gasteiger partial charge in [-0.2, -0.15) is 5.10 Å². The van der Waals surface area contributed by atoms with Crippen LogP contribution in [0, 0.1) is 5.92 Å². The highest BCUT2D eigenvalue weighted by atomic mass is 16.1. The normalized spacial score (nSPS) is 13.3. The van der Waals surface area contributed by atoms with E-state index in [1.54, 1.807) is 6.92 Å². The molecule has 0 heterocycles. The Morgan fingerprint density at radius 3 is 2.67 bits per heavy atom. The highest BCUT2D eigenvalue weighted by molar-refractivity contribution is 5.99. The third-order valence-corrected chi connectivity index (χ3v) is 3.66. The van der Waals surface area contributed by atoms with Crippen molar-refractivity contribution in [1.82, 2.24) is 16.2 Å². The van der Waals surface area contributed by atoms with E-state index in [-0.39, 0.29) is 5.91 Å². The van der Waals surface area contributed by atoms with E-state index in [0.717, 1.165) is 38.8 Å². The van der Waals surface area contributed by atoms with Crippen molar-refractivity contribution >= 4 is 18.6 Å². The van der Waals surface area contributed by atoms with Crippen LogP contribution >= 0.6 is 0 Å². The monoisotopic (exact) mass is 376 g/mol. The van der Waals surface area contributed by atoms with Crippen molar-refractivity contribution in [3.8, 4) is 0 Å². The predicted molar refractivity (Wildman–Crippen MR) is 115 cm³/mol. The number of hydrazone groups is 1. The Kier molecular flexibility index (Phi) is 15.5. The molecular formula is C20H36N6O. The van der Waals surface area contributed by atoms with Crippen LogP contribution < -0.4 is 22.0 Å². The third-order valence-electron chi connectivity index (χ3n) is 3.66. The maximum Gasteiger partial charge on any atom is 0.252 e. The lowest BCUT2D eigenvalue weighted by Gasteiger charge is -2.03. The summed E-state index contributed by atoms with van der Waals surface area (Å²) in [6, 6.07) is 0. The van der Waals surface area contributed by atoms with E-state index in [2.05, 4.69) is 59.2 Å². The Bertz CT molecular complexity index is 545. The minimum atomic E-state index is -0.161. The summed E-state index contributed by atoms with van der Waals surface area (Å²) in [7, 11) is 0. The van der Waals surface area contributed by atoms with Gasteiger partial charge in [0.2, 0.25) is 0 Å². The topological polar surface area (TPSA) is 104 Å². The number of aliphatic imine (C=N–C) groups is 1. The number of amides is 1. The fourth-order valence-electron chi connectivity index (χ4n) is 2.04. The number of hydrazine groups is 1. The van der Waals surface area contributed by atoms with Gasteiger partial charge in [-0.05, 0) is 52.4 Å². The van der Waals surface area contributed by atoms with E-state index in [9.17, 15) is 4.79 Å². The lowest BCUT2D eigenvalue weighted by molar-refractivity contribution is -0.116. The van der Waals surface area contributed by atoms with Crippen molar-refractivity contribution in [2.45, 2.75) is 53.4 Å². The molecule has 0 aliphatic heterocycles. The Morgan fingerprint density at radius 1 is 1.19 bits per heavy atom. The van der Waals surface area contributed by atoms with Crippen molar-refractivity contribution in [3.63, 3.8) is 0 Å². The van der Waals surface area contributed by atoms with Crippen LogP contribution in [0.15, 0.2) is 45.5 Å². The van der Waals surface area contributed by atoms with Gasteiger partial charge in [0, 0.05) is 18.7 Å². The quantitative estimate of drug-likeness (QED) is 0.0547. The van der Waals surface area contributed by atoms with Gasteiger partial charge in [0.25, 0.3) is 5.91 Å². The molecule has 0 saturated carbocycles. The smallest absolute Gasteiger partial charge is 0.252 e. The number of nitrogens with zero attached hydrogens (tertiary/aromatic N) is 2. The fraction of sp³-hybridized carbons (Fsp3) is 0.550. The summed E-state index contributed by atoms with van der Waals surface area (Å²) >= 11 is 0. The molecule has 0 radical (unpaired) electrons. The maximum absolute atomic E-state index is 11.9. The average Bonchev–Trinajstić information content (AvgIpc) is 2.62. The second-order valence-electron chi connectivity index (χ2n) is 6.62. The van der Waals surface area contributed by atoms with Gasteiger partial charge in [-0.1, -0.05) is 36.8 Å². The van der Waals surface area contributed by atoms with Crippen LogP contribution in [-0.4, -0.2) is 31.7 Å². The first kappa shape index (κ1) is 24.6. The first-order valence-electron chi connectivity index (χ1n) is 9.45. The van der Waals surface area contributed by atoms with Gasteiger partial charge in [0.15, 0.2) is 0 Å². The summed E-state index contributed by atoms with van der Waals surface area (Å²) in [6.45, 7) is 9.63. The van der Waals surface area contributed by atoms with E-state index in [1.807, 2.05) is 12.2 Å². The summed E-state index contributed by atoms with van der Waals surface area (Å²) in [6.07, 6.45) is 15.0. The minimum Gasteiger partial charge on any atom is -0.315 e. The number of hydrogen-bond donors (Lipinski definition) is 4. The molecule has 7 heteroatoms. The molecule has 1 unspecified atom stereocenters. The first-order valence-corrected chi connectivity index (χ1v) is 9.45. The summed E-state index contributed by atoms with van der Waals surface area (Å²) < 4.78 is 0. The molecule has 0 aliphatic carbocycles. The zero-order valence-electron chi connectivity index (χ0n) is 17.2. The Labute approximate surface area is 163 Å². The maximum atomic E-state index is 11.9. The molecule has 1 atom stereocenters. The number of allylic oxidation sites excluding steroid dienone is 5. The van der Waals surface area contributed by atoms with Crippen molar-refractivity contribution in [1.29, 1.82) is 0 Å². The van der Waals surface area contributed by atoms with Gasteiger partial charge in [-0.15, -0.1) is 0 Å². The van der Waals surface area contributed by atoms with Gasteiger partial charge in [0.05, 0.1) is 6.34 Å². The Balaban J connectivity index is 3.95. The predicted octanol–water partition coefficient (Wildman–Crippen LogP) is 2.79.